The van der Waals surface area contributed by atoms with Gasteiger partial charge in [0.15, 0.2) is 0 Å². The van der Waals surface area contributed by atoms with Gasteiger partial charge in [0.1, 0.15) is 0 Å². The van der Waals surface area contributed by atoms with Crippen molar-refractivity contribution in [2.24, 2.45) is 0 Å². The molecule has 0 N–H and O–H groups in total. The van der Waals surface area contributed by atoms with Crippen LogP contribution in [0.2, 0.25) is 5.32 Å². The van der Waals surface area contributed by atoms with Crippen LogP contribution in [-0.4, -0.2) is 20.7 Å². The van der Waals surface area contributed by atoms with Crippen molar-refractivity contribution in [2.75, 3.05) is 0 Å². The van der Waals surface area contributed by atoms with Crippen LogP contribution in [0.4, 0.5) is 0 Å². The third-order valence-electron chi connectivity index (χ3n) is 2.51. The molecule has 0 atom stereocenters. The van der Waals surface area contributed by atoms with Gasteiger partial charge in [-0.15, -0.1) is 0 Å². The van der Waals surface area contributed by atoms with Crippen LogP contribution >= 0.6 is 0 Å². The van der Waals surface area contributed by atoms with E-state index < -0.39 is 0 Å². The summed E-state index contributed by atoms with van der Waals surface area (Å²) in [6.07, 6.45) is 0. The van der Waals surface area contributed by atoms with Crippen molar-refractivity contribution in [3.63, 3.8) is 0 Å². The molecule has 0 bridgehead atoms. The Balaban J connectivity index is 2.38. The van der Waals surface area contributed by atoms with Crippen LogP contribution in [0.15, 0.2) is 36.4 Å². The Morgan fingerprint density at radius 3 is 2.57 bits per heavy atom. The fourth-order valence-electron chi connectivity index (χ4n) is 1.78. The Hall–Kier alpha value is -1.11. The van der Waals surface area contributed by atoms with Crippen molar-refractivity contribution in [2.45, 2.75) is 5.32 Å². The molecule has 3 rings (SSSR count). The summed E-state index contributed by atoms with van der Waals surface area (Å²) in [5.74, 6) is 0.325. The van der Waals surface area contributed by atoms with E-state index in [2.05, 4.69) is 18.2 Å². The van der Waals surface area contributed by atoms with Gasteiger partial charge in [-0.3, -0.25) is 0 Å². The number of carbonyl (C=O) groups excluding carboxylic acids is 1. The maximum atomic E-state index is 11.5. The first kappa shape index (κ1) is 8.22. The van der Waals surface area contributed by atoms with E-state index in [9.17, 15) is 4.79 Å². The van der Waals surface area contributed by atoms with Gasteiger partial charge in [0, 0.05) is 0 Å². The second-order valence-corrected chi connectivity index (χ2v) is 5.54. The van der Waals surface area contributed by atoms with E-state index in [1.807, 2.05) is 18.2 Å². The van der Waals surface area contributed by atoms with Crippen LogP contribution in [-0.2, 0) is 0 Å². The van der Waals surface area contributed by atoms with Crippen molar-refractivity contribution in [3.8, 4) is 0 Å². The molecule has 1 aliphatic rings. The molecule has 0 unspecified atom stereocenters. The first-order valence-corrected chi connectivity index (χ1v) is 6.60. The normalized spacial score (nSPS) is 14.7. The predicted octanol–water partition coefficient (Wildman–Crippen LogP) is 1.78. The molecule has 0 spiro atoms. The van der Waals surface area contributed by atoms with Gasteiger partial charge >= 0.3 is 88.0 Å². The SMILES string of the molecule is O=C1C[Se]c2cc3ccccc3cc21. The standard InChI is InChI=1S/C12H8OSe/c13-11-7-14-12-6-9-4-2-1-3-8(9)5-10(11)12/h1-6H,7H2. The van der Waals surface area contributed by atoms with Crippen LogP contribution < -0.4 is 4.46 Å². The number of hydrogen-bond acceptors (Lipinski definition) is 1. The van der Waals surface area contributed by atoms with Gasteiger partial charge in [-0.1, -0.05) is 0 Å². The van der Waals surface area contributed by atoms with Gasteiger partial charge < -0.3 is 0 Å². The molecule has 2 heteroatoms. The van der Waals surface area contributed by atoms with Crippen molar-refractivity contribution >= 4 is 36.0 Å². The first-order chi connectivity index (χ1) is 6.84. The zero-order valence-corrected chi connectivity index (χ0v) is 9.20. The molecule has 1 heterocycles. The van der Waals surface area contributed by atoms with Gasteiger partial charge in [-0.2, -0.15) is 0 Å². The summed E-state index contributed by atoms with van der Waals surface area (Å²) in [6.45, 7) is 0. The number of Topliss-reactive ketones (excluding diaryl/α,β-unsaturated/α-hetero) is 1. The molecule has 1 aliphatic heterocycles. The summed E-state index contributed by atoms with van der Waals surface area (Å²) >= 11 is 0.371. The monoisotopic (exact) mass is 248 g/mol. The molecule has 2 aromatic rings. The van der Waals surface area contributed by atoms with Gasteiger partial charge in [0.25, 0.3) is 0 Å². The molecule has 0 aromatic heterocycles. The van der Waals surface area contributed by atoms with E-state index >= 15 is 0 Å². The summed E-state index contributed by atoms with van der Waals surface area (Å²) in [5.41, 5.74) is 0.962. The first-order valence-electron chi connectivity index (χ1n) is 4.53. The predicted molar refractivity (Wildman–Crippen MR) is 58.5 cm³/mol. The average molecular weight is 247 g/mol. The summed E-state index contributed by atoms with van der Waals surface area (Å²) < 4.78 is 1.28. The zero-order valence-electron chi connectivity index (χ0n) is 7.49. The Labute approximate surface area is 88.3 Å². The second-order valence-electron chi connectivity index (χ2n) is 3.41. The number of hydrogen-bond donors (Lipinski definition) is 0. The Bertz CT molecular complexity index is 531. The molecule has 1 nitrogen and oxygen atoms in total. The van der Waals surface area contributed by atoms with Crippen LogP contribution in [0.3, 0.4) is 0 Å². The Morgan fingerprint density at radius 1 is 1.07 bits per heavy atom. The summed E-state index contributed by atoms with van der Waals surface area (Å²) in [4.78, 5) is 11.5. The van der Waals surface area contributed by atoms with Crippen molar-refractivity contribution in [1.29, 1.82) is 0 Å². The molecular weight excluding hydrogens is 239 g/mol. The van der Waals surface area contributed by atoms with E-state index in [4.69, 9.17) is 0 Å². The fourth-order valence-corrected chi connectivity index (χ4v) is 3.84. The zero-order chi connectivity index (χ0) is 9.54. The van der Waals surface area contributed by atoms with E-state index in [1.165, 1.54) is 15.2 Å². The van der Waals surface area contributed by atoms with Gasteiger partial charge in [-0.05, 0) is 0 Å². The minimum atomic E-state index is 0.325. The topological polar surface area (TPSA) is 17.1 Å². The Morgan fingerprint density at radius 2 is 1.79 bits per heavy atom. The van der Waals surface area contributed by atoms with E-state index in [-0.39, 0.29) is 0 Å². The van der Waals surface area contributed by atoms with Gasteiger partial charge in [-0.25, -0.2) is 0 Å². The molecule has 0 radical (unpaired) electrons. The third-order valence-corrected chi connectivity index (χ3v) is 4.72. The number of rotatable bonds is 0. The second kappa shape index (κ2) is 2.94. The molecule has 0 saturated carbocycles. The average Bonchev–Trinajstić information content (AvgIpc) is 2.57. The molecule has 0 saturated heterocycles. The molecule has 68 valence electrons. The third kappa shape index (κ3) is 1.12. The van der Waals surface area contributed by atoms with Crippen molar-refractivity contribution < 1.29 is 4.79 Å². The van der Waals surface area contributed by atoms with Crippen molar-refractivity contribution in [1.82, 2.24) is 0 Å². The molecular formula is C12H8OSe. The molecule has 14 heavy (non-hydrogen) atoms. The number of carbonyl (C=O) groups is 1. The molecule has 0 fully saturated rings. The van der Waals surface area contributed by atoms with Gasteiger partial charge in [0.2, 0.25) is 0 Å². The fraction of sp³-hybridized carbons (Fsp3) is 0.0833. The van der Waals surface area contributed by atoms with Crippen LogP contribution in [0.5, 0.6) is 0 Å². The van der Waals surface area contributed by atoms with E-state index in [1.54, 1.807) is 0 Å². The maximum absolute atomic E-state index is 11.5. The van der Waals surface area contributed by atoms with E-state index in [0.29, 0.717) is 20.7 Å². The number of fused-ring (bicyclic) bond motifs is 2. The van der Waals surface area contributed by atoms with Crippen LogP contribution in [0.1, 0.15) is 10.4 Å². The Kier molecular flexibility index (Phi) is 1.73. The summed E-state index contributed by atoms with van der Waals surface area (Å²) in [7, 11) is 0. The molecule has 0 aliphatic carbocycles. The quantitative estimate of drug-likeness (QED) is 0.648. The van der Waals surface area contributed by atoms with Crippen molar-refractivity contribution in [3.05, 3.63) is 42.0 Å². The number of benzene rings is 2. The summed E-state index contributed by atoms with van der Waals surface area (Å²) in [5, 5.41) is 3.18. The molecule has 0 amide bonds. The summed E-state index contributed by atoms with van der Waals surface area (Å²) in [6, 6.07) is 12.4. The molecule has 2 aromatic carbocycles. The van der Waals surface area contributed by atoms with Gasteiger partial charge in [0.05, 0.1) is 0 Å². The minimum absolute atomic E-state index is 0.325. The van der Waals surface area contributed by atoms with Crippen LogP contribution in [0.25, 0.3) is 10.8 Å². The van der Waals surface area contributed by atoms with E-state index in [0.717, 1.165) is 10.9 Å². The number of ketones is 1. The van der Waals surface area contributed by atoms with Crippen LogP contribution in [0, 0.1) is 0 Å².